The van der Waals surface area contributed by atoms with Crippen molar-refractivity contribution in [2.24, 2.45) is 0 Å². The van der Waals surface area contributed by atoms with E-state index in [1.54, 1.807) is 12.0 Å². The maximum atomic E-state index is 11.8. The molecule has 0 aromatic carbocycles. The Bertz CT molecular complexity index is 302. The molecule has 0 fully saturated rings. The average Bonchev–Trinajstić information content (AvgIpc) is 2.46. The van der Waals surface area contributed by atoms with E-state index in [1.807, 2.05) is 27.7 Å². The smallest absolute Gasteiger partial charge is 0.414 e. The Hall–Kier alpha value is -1.03. The van der Waals surface area contributed by atoms with Crippen molar-refractivity contribution in [3.8, 4) is 0 Å². The summed E-state index contributed by atoms with van der Waals surface area (Å²) in [5.74, 6) is 0. The maximum Gasteiger partial charge on any atom is 0.414 e. The van der Waals surface area contributed by atoms with Gasteiger partial charge < -0.3 is 9.47 Å². The molecule has 0 bridgehead atoms. The molecule has 0 unspecified atom stereocenters. The molecular weight excluding hydrogens is 206 g/mol. The molecule has 4 heteroatoms. The molecule has 1 aliphatic rings. The normalized spacial score (nSPS) is 16.9. The van der Waals surface area contributed by atoms with Gasteiger partial charge in [-0.15, -0.1) is 0 Å². The standard InChI is InChI=1S/C12H21NO3/c1-9-10(8-15-5)6-7-13(9)11(14)16-12(2,3)4/h6-8H2,1-5H3. The van der Waals surface area contributed by atoms with Crippen molar-refractivity contribution < 1.29 is 14.3 Å². The Balaban J connectivity index is 2.66. The van der Waals surface area contributed by atoms with E-state index in [2.05, 4.69) is 0 Å². The molecule has 92 valence electrons. The molecule has 1 rings (SSSR count). The molecule has 0 aromatic heterocycles. The minimum atomic E-state index is -0.443. The van der Waals surface area contributed by atoms with Gasteiger partial charge in [-0.1, -0.05) is 0 Å². The van der Waals surface area contributed by atoms with Crippen molar-refractivity contribution >= 4 is 6.09 Å². The van der Waals surface area contributed by atoms with E-state index in [9.17, 15) is 4.79 Å². The SMILES string of the molecule is COCC1=C(C)N(C(=O)OC(C)(C)C)CC1. The summed E-state index contributed by atoms with van der Waals surface area (Å²) >= 11 is 0. The number of ether oxygens (including phenoxy) is 2. The van der Waals surface area contributed by atoms with Crippen molar-refractivity contribution in [3.63, 3.8) is 0 Å². The predicted molar refractivity (Wildman–Crippen MR) is 62.1 cm³/mol. The number of rotatable bonds is 2. The highest BCUT2D eigenvalue weighted by molar-refractivity contribution is 5.71. The maximum absolute atomic E-state index is 11.8. The van der Waals surface area contributed by atoms with E-state index in [0.29, 0.717) is 13.2 Å². The molecule has 0 aromatic rings. The van der Waals surface area contributed by atoms with Crippen LogP contribution in [0.25, 0.3) is 0 Å². The lowest BCUT2D eigenvalue weighted by atomic mass is 10.2. The summed E-state index contributed by atoms with van der Waals surface area (Å²) in [5, 5.41) is 0. The first-order valence-corrected chi connectivity index (χ1v) is 5.53. The van der Waals surface area contributed by atoms with E-state index in [1.165, 1.54) is 5.57 Å². The van der Waals surface area contributed by atoms with Gasteiger partial charge in [-0.2, -0.15) is 0 Å². The van der Waals surface area contributed by atoms with Crippen LogP contribution in [0.5, 0.6) is 0 Å². The fourth-order valence-corrected chi connectivity index (χ4v) is 1.68. The highest BCUT2D eigenvalue weighted by atomic mass is 16.6. The number of carbonyl (C=O) groups excluding carboxylic acids is 1. The third-order valence-corrected chi connectivity index (χ3v) is 2.49. The molecule has 0 spiro atoms. The zero-order chi connectivity index (χ0) is 12.3. The number of carbonyl (C=O) groups is 1. The van der Waals surface area contributed by atoms with Crippen LogP contribution in [0, 0.1) is 0 Å². The number of methoxy groups -OCH3 is 1. The molecule has 1 heterocycles. The largest absolute Gasteiger partial charge is 0.443 e. The van der Waals surface area contributed by atoms with Gasteiger partial charge in [0.05, 0.1) is 6.61 Å². The molecule has 4 nitrogen and oxygen atoms in total. The lowest BCUT2D eigenvalue weighted by Gasteiger charge is -2.25. The summed E-state index contributed by atoms with van der Waals surface area (Å²) in [7, 11) is 1.66. The Labute approximate surface area is 97.2 Å². The lowest BCUT2D eigenvalue weighted by Crippen LogP contribution is -2.34. The van der Waals surface area contributed by atoms with Crippen LogP contribution in [0.1, 0.15) is 34.1 Å². The van der Waals surface area contributed by atoms with Gasteiger partial charge in [-0.3, -0.25) is 4.90 Å². The first-order chi connectivity index (χ1) is 7.35. The zero-order valence-corrected chi connectivity index (χ0v) is 10.8. The van der Waals surface area contributed by atoms with Crippen LogP contribution >= 0.6 is 0 Å². The van der Waals surface area contributed by atoms with Gasteiger partial charge in [0.2, 0.25) is 0 Å². The Morgan fingerprint density at radius 2 is 2.06 bits per heavy atom. The van der Waals surface area contributed by atoms with Crippen molar-refractivity contribution in [3.05, 3.63) is 11.3 Å². The first-order valence-electron chi connectivity index (χ1n) is 5.53. The molecule has 0 radical (unpaired) electrons. The number of hydrogen-bond donors (Lipinski definition) is 0. The van der Waals surface area contributed by atoms with E-state index in [0.717, 1.165) is 12.1 Å². The monoisotopic (exact) mass is 227 g/mol. The average molecular weight is 227 g/mol. The summed E-state index contributed by atoms with van der Waals surface area (Å²) in [6.45, 7) is 8.83. The van der Waals surface area contributed by atoms with Crippen LogP contribution < -0.4 is 0 Å². The quantitative estimate of drug-likeness (QED) is 0.727. The van der Waals surface area contributed by atoms with E-state index in [4.69, 9.17) is 9.47 Å². The molecule has 0 aliphatic carbocycles. The second-order valence-electron chi connectivity index (χ2n) is 5.00. The summed E-state index contributed by atoms with van der Waals surface area (Å²) in [6.07, 6.45) is 0.606. The van der Waals surface area contributed by atoms with Gasteiger partial charge >= 0.3 is 6.09 Å². The van der Waals surface area contributed by atoms with Crippen LogP contribution in [0.2, 0.25) is 0 Å². The van der Waals surface area contributed by atoms with Gasteiger partial charge in [0.25, 0.3) is 0 Å². The Morgan fingerprint density at radius 1 is 1.44 bits per heavy atom. The first kappa shape index (κ1) is 13.0. The van der Waals surface area contributed by atoms with Crippen LogP contribution in [-0.4, -0.2) is 36.9 Å². The summed E-state index contributed by atoms with van der Waals surface area (Å²) < 4.78 is 10.4. The minimum absolute atomic E-state index is 0.267. The lowest BCUT2D eigenvalue weighted by molar-refractivity contribution is 0.0330. The van der Waals surface area contributed by atoms with Crippen LogP contribution in [0.3, 0.4) is 0 Å². The predicted octanol–water partition coefficient (Wildman–Crippen LogP) is 2.55. The van der Waals surface area contributed by atoms with E-state index < -0.39 is 5.60 Å². The molecule has 0 saturated heterocycles. The summed E-state index contributed by atoms with van der Waals surface area (Å²) in [5.41, 5.74) is 1.70. The van der Waals surface area contributed by atoms with Crippen LogP contribution in [0.4, 0.5) is 4.79 Å². The highest BCUT2D eigenvalue weighted by Crippen LogP contribution is 2.24. The number of hydrogen-bond acceptors (Lipinski definition) is 3. The van der Waals surface area contributed by atoms with E-state index in [-0.39, 0.29) is 6.09 Å². The summed E-state index contributed by atoms with van der Waals surface area (Å²) in [6, 6.07) is 0. The molecule has 16 heavy (non-hydrogen) atoms. The molecule has 1 aliphatic heterocycles. The fourth-order valence-electron chi connectivity index (χ4n) is 1.68. The van der Waals surface area contributed by atoms with Crippen LogP contribution in [-0.2, 0) is 9.47 Å². The Morgan fingerprint density at radius 3 is 2.56 bits per heavy atom. The van der Waals surface area contributed by atoms with Crippen LogP contribution in [0.15, 0.2) is 11.3 Å². The summed E-state index contributed by atoms with van der Waals surface area (Å²) in [4.78, 5) is 13.5. The molecule has 1 amide bonds. The zero-order valence-electron chi connectivity index (χ0n) is 10.8. The van der Waals surface area contributed by atoms with Crippen molar-refractivity contribution in [2.75, 3.05) is 20.3 Å². The molecular formula is C12H21NO3. The van der Waals surface area contributed by atoms with Gasteiger partial charge in [0, 0.05) is 19.4 Å². The number of nitrogens with zero attached hydrogens (tertiary/aromatic N) is 1. The number of amides is 1. The second-order valence-corrected chi connectivity index (χ2v) is 5.00. The Kier molecular flexibility index (Phi) is 3.97. The van der Waals surface area contributed by atoms with Gasteiger partial charge in [0.15, 0.2) is 0 Å². The molecule has 0 atom stereocenters. The molecule has 0 saturated carbocycles. The fraction of sp³-hybridized carbons (Fsp3) is 0.750. The van der Waals surface area contributed by atoms with Gasteiger partial charge in [-0.05, 0) is 39.7 Å². The van der Waals surface area contributed by atoms with Gasteiger partial charge in [-0.25, -0.2) is 4.79 Å². The third kappa shape index (κ3) is 3.23. The number of allylic oxidation sites excluding steroid dienone is 1. The van der Waals surface area contributed by atoms with Crippen molar-refractivity contribution in [2.45, 2.75) is 39.7 Å². The van der Waals surface area contributed by atoms with Crippen molar-refractivity contribution in [1.29, 1.82) is 0 Å². The van der Waals surface area contributed by atoms with Crippen molar-refractivity contribution in [1.82, 2.24) is 4.90 Å². The van der Waals surface area contributed by atoms with E-state index >= 15 is 0 Å². The molecule has 0 N–H and O–H groups in total. The minimum Gasteiger partial charge on any atom is -0.443 e. The third-order valence-electron chi connectivity index (χ3n) is 2.49. The topological polar surface area (TPSA) is 38.8 Å². The second kappa shape index (κ2) is 4.87. The highest BCUT2D eigenvalue weighted by Gasteiger charge is 2.28. The van der Waals surface area contributed by atoms with Gasteiger partial charge in [0.1, 0.15) is 5.60 Å².